The maximum Gasteiger partial charge on any atom is 0.350 e. The number of rotatable bonds is 8. The van der Waals surface area contributed by atoms with Gasteiger partial charge in [0, 0.05) is 25.6 Å². The van der Waals surface area contributed by atoms with Crippen molar-refractivity contribution in [2.24, 2.45) is 0 Å². The number of fused-ring (bicyclic) bond motifs is 1. The third-order valence-corrected chi connectivity index (χ3v) is 3.61. The van der Waals surface area contributed by atoms with Crippen LogP contribution in [0.25, 0.3) is 5.65 Å². The van der Waals surface area contributed by atoms with E-state index in [1.165, 1.54) is 9.08 Å². The van der Waals surface area contributed by atoms with E-state index in [1.54, 1.807) is 24.4 Å². The van der Waals surface area contributed by atoms with Gasteiger partial charge in [-0.25, -0.2) is 14.3 Å². The summed E-state index contributed by atoms with van der Waals surface area (Å²) in [5.74, 6) is -1.59. The molecule has 0 radical (unpaired) electrons. The predicted octanol–water partition coefficient (Wildman–Crippen LogP) is 0.661. The third-order valence-electron chi connectivity index (χ3n) is 3.61. The van der Waals surface area contributed by atoms with E-state index in [4.69, 9.17) is 4.74 Å². The van der Waals surface area contributed by atoms with Crippen LogP contribution >= 0.6 is 0 Å². The van der Waals surface area contributed by atoms with Crippen molar-refractivity contribution in [2.45, 2.75) is 51.8 Å². The average molecular weight is 364 g/mol. The summed E-state index contributed by atoms with van der Waals surface area (Å²) in [7, 11) is 0. The Morgan fingerprint density at radius 1 is 1.35 bits per heavy atom. The second-order valence-corrected chi connectivity index (χ2v) is 6.89. The Bertz CT molecular complexity index is 834. The zero-order valence-corrected chi connectivity index (χ0v) is 15.1. The second kappa shape index (κ2) is 8.13. The fraction of sp³-hybridized carbons (Fsp3) is 0.529. The Morgan fingerprint density at radius 3 is 2.69 bits per heavy atom. The van der Waals surface area contributed by atoms with Crippen LogP contribution in [0.5, 0.6) is 0 Å². The molecule has 2 N–H and O–H groups in total. The van der Waals surface area contributed by atoms with Gasteiger partial charge in [-0.15, -0.1) is 5.10 Å². The molecule has 9 nitrogen and oxygen atoms in total. The van der Waals surface area contributed by atoms with Crippen LogP contribution in [-0.4, -0.2) is 49.4 Å². The van der Waals surface area contributed by atoms with E-state index in [-0.39, 0.29) is 37.3 Å². The first-order chi connectivity index (χ1) is 12.2. The maximum atomic E-state index is 12.1. The molecule has 0 saturated carbocycles. The molecule has 1 amide bonds. The van der Waals surface area contributed by atoms with Crippen LogP contribution in [-0.2, 0) is 20.9 Å². The number of aryl methyl sites for hydroxylation is 1. The molecule has 2 rings (SSSR count). The Balaban J connectivity index is 1.90. The van der Waals surface area contributed by atoms with Crippen molar-refractivity contribution < 1.29 is 19.4 Å². The molecule has 1 unspecified atom stereocenters. The van der Waals surface area contributed by atoms with E-state index < -0.39 is 17.9 Å². The van der Waals surface area contributed by atoms with Crippen LogP contribution in [0.3, 0.4) is 0 Å². The van der Waals surface area contributed by atoms with Crippen molar-refractivity contribution in [1.82, 2.24) is 19.5 Å². The number of carbonyl (C=O) groups excluding carboxylic acids is 1. The summed E-state index contributed by atoms with van der Waals surface area (Å²) in [6.07, 6.45) is 1.71. The highest BCUT2D eigenvalue weighted by atomic mass is 16.5. The van der Waals surface area contributed by atoms with Gasteiger partial charge in [-0.3, -0.25) is 9.20 Å². The highest BCUT2D eigenvalue weighted by Gasteiger charge is 2.21. The van der Waals surface area contributed by atoms with Gasteiger partial charge in [0.15, 0.2) is 5.65 Å². The molecule has 0 aliphatic carbocycles. The molecule has 26 heavy (non-hydrogen) atoms. The number of carbonyl (C=O) groups is 2. The topological polar surface area (TPSA) is 115 Å². The lowest BCUT2D eigenvalue weighted by atomic mass is 10.1. The van der Waals surface area contributed by atoms with Gasteiger partial charge in [0.05, 0.1) is 12.1 Å². The van der Waals surface area contributed by atoms with Crippen LogP contribution in [0.15, 0.2) is 29.2 Å². The molecule has 0 aliphatic rings. The quantitative estimate of drug-likeness (QED) is 0.711. The Morgan fingerprint density at radius 2 is 2.08 bits per heavy atom. The Labute approximate surface area is 150 Å². The van der Waals surface area contributed by atoms with Crippen LogP contribution < -0.4 is 11.0 Å². The van der Waals surface area contributed by atoms with Gasteiger partial charge < -0.3 is 15.2 Å². The van der Waals surface area contributed by atoms with Gasteiger partial charge in [0.2, 0.25) is 5.91 Å². The highest BCUT2D eigenvalue weighted by Crippen LogP contribution is 2.08. The standard InChI is InChI=1S/C17H24N4O5/c1-17(2,3)26-11-8-12(15(23)24)18-14(22)7-10-21-16(25)20-9-5-4-6-13(20)19-21/h4-6,9,12H,7-8,10-11H2,1-3H3,(H,18,22)(H,23,24). The van der Waals surface area contributed by atoms with Gasteiger partial charge in [0.25, 0.3) is 0 Å². The molecule has 9 heteroatoms. The number of ether oxygens (including phenoxy) is 1. The fourth-order valence-corrected chi connectivity index (χ4v) is 2.33. The third kappa shape index (κ3) is 5.41. The number of amides is 1. The minimum absolute atomic E-state index is 0.0479. The zero-order chi connectivity index (χ0) is 19.3. The molecule has 0 aromatic carbocycles. The Kier molecular flexibility index (Phi) is 6.14. The summed E-state index contributed by atoms with van der Waals surface area (Å²) in [6.45, 7) is 5.89. The number of hydrogen-bond acceptors (Lipinski definition) is 5. The lowest BCUT2D eigenvalue weighted by Crippen LogP contribution is -2.42. The first-order valence-electron chi connectivity index (χ1n) is 8.38. The molecule has 2 aromatic rings. The number of nitrogens with zero attached hydrogens (tertiary/aromatic N) is 3. The minimum Gasteiger partial charge on any atom is -0.480 e. The zero-order valence-electron chi connectivity index (χ0n) is 15.1. The number of aliphatic carboxylic acids is 1. The summed E-state index contributed by atoms with van der Waals surface area (Å²) >= 11 is 0. The van der Waals surface area contributed by atoms with Crippen molar-refractivity contribution in [3.63, 3.8) is 0 Å². The number of pyridine rings is 1. The molecular weight excluding hydrogens is 340 g/mol. The predicted molar refractivity (Wildman–Crippen MR) is 94.0 cm³/mol. The van der Waals surface area contributed by atoms with E-state index in [2.05, 4.69) is 10.4 Å². The molecule has 2 aromatic heterocycles. The van der Waals surface area contributed by atoms with Gasteiger partial charge >= 0.3 is 11.7 Å². The van der Waals surface area contributed by atoms with E-state index in [0.717, 1.165) is 0 Å². The molecule has 2 heterocycles. The summed E-state index contributed by atoms with van der Waals surface area (Å²) in [5, 5.41) is 15.8. The van der Waals surface area contributed by atoms with E-state index >= 15 is 0 Å². The molecule has 142 valence electrons. The molecule has 0 aliphatic heterocycles. The monoisotopic (exact) mass is 364 g/mol. The molecule has 0 fully saturated rings. The smallest absolute Gasteiger partial charge is 0.350 e. The first-order valence-corrected chi connectivity index (χ1v) is 8.38. The van der Waals surface area contributed by atoms with Gasteiger partial charge in [-0.2, -0.15) is 0 Å². The molecule has 0 spiro atoms. The van der Waals surface area contributed by atoms with Gasteiger partial charge in [-0.05, 0) is 32.9 Å². The molecular formula is C17H24N4O5. The number of hydrogen-bond donors (Lipinski definition) is 2. The minimum atomic E-state index is -1.12. The van der Waals surface area contributed by atoms with Crippen LogP contribution in [0.2, 0.25) is 0 Å². The summed E-state index contributed by atoms with van der Waals surface area (Å²) in [6, 6.07) is 4.12. The molecule has 1 atom stereocenters. The van der Waals surface area contributed by atoms with Crippen LogP contribution in [0.1, 0.15) is 33.6 Å². The summed E-state index contributed by atoms with van der Waals surface area (Å²) in [4.78, 5) is 35.5. The number of aromatic nitrogens is 3. The number of nitrogens with one attached hydrogen (secondary N) is 1. The number of carboxylic acid groups (broad SMARTS) is 1. The van der Waals surface area contributed by atoms with Crippen LogP contribution in [0.4, 0.5) is 0 Å². The summed E-state index contributed by atoms with van der Waals surface area (Å²) in [5.41, 5.74) is -0.237. The normalized spacial score (nSPS) is 12.9. The lowest BCUT2D eigenvalue weighted by molar-refractivity contribution is -0.142. The van der Waals surface area contributed by atoms with E-state index in [0.29, 0.717) is 5.65 Å². The average Bonchev–Trinajstić information content (AvgIpc) is 2.87. The first kappa shape index (κ1) is 19.6. The fourth-order valence-electron chi connectivity index (χ4n) is 2.33. The molecule has 0 bridgehead atoms. The molecule has 0 saturated heterocycles. The van der Waals surface area contributed by atoms with Crippen molar-refractivity contribution in [3.8, 4) is 0 Å². The van der Waals surface area contributed by atoms with Crippen molar-refractivity contribution in [3.05, 3.63) is 34.9 Å². The Hall–Kier alpha value is -2.68. The van der Waals surface area contributed by atoms with Crippen molar-refractivity contribution in [1.29, 1.82) is 0 Å². The van der Waals surface area contributed by atoms with Gasteiger partial charge in [-0.1, -0.05) is 6.07 Å². The summed E-state index contributed by atoms with van der Waals surface area (Å²) < 4.78 is 8.06. The maximum absolute atomic E-state index is 12.1. The van der Waals surface area contributed by atoms with Crippen molar-refractivity contribution in [2.75, 3.05) is 6.61 Å². The second-order valence-electron chi connectivity index (χ2n) is 6.89. The number of carboxylic acids is 1. The van der Waals surface area contributed by atoms with E-state index in [1.807, 2.05) is 20.8 Å². The van der Waals surface area contributed by atoms with Crippen molar-refractivity contribution >= 4 is 17.5 Å². The largest absolute Gasteiger partial charge is 0.480 e. The van der Waals surface area contributed by atoms with E-state index in [9.17, 15) is 19.5 Å². The lowest BCUT2D eigenvalue weighted by Gasteiger charge is -2.21. The van der Waals surface area contributed by atoms with Gasteiger partial charge in [0.1, 0.15) is 6.04 Å². The van der Waals surface area contributed by atoms with Crippen LogP contribution in [0, 0.1) is 0 Å². The SMILES string of the molecule is CC(C)(C)OCCC(NC(=O)CCn1nc2ccccn2c1=O)C(=O)O. The highest BCUT2D eigenvalue weighted by molar-refractivity contribution is 5.83.